The Kier molecular flexibility index (Phi) is 38.5. The second kappa shape index (κ2) is 47.9. The number of sulfone groups is 4. The molecule has 4 aromatic carbocycles. The zero-order chi connectivity index (χ0) is 93.5. The number of anilines is 3. The number of esters is 1. The van der Waals surface area contributed by atoms with Gasteiger partial charge in [0.1, 0.15) is 72.6 Å². The maximum atomic E-state index is 13.5. The summed E-state index contributed by atoms with van der Waals surface area (Å²) in [5.41, 5.74) is 7.52. The molecule has 19 rings (SSSR count). The van der Waals surface area contributed by atoms with Crippen LogP contribution in [0.25, 0.3) is 43.6 Å². The van der Waals surface area contributed by atoms with Crippen LogP contribution in [0.4, 0.5) is 17.5 Å². The first-order valence-corrected chi connectivity index (χ1v) is 50.7. The number of aromatic nitrogens is 14. The second-order valence-corrected chi connectivity index (χ2v) is 43.3. The van der Waals surface area contributed by atoms with Crippen molar-refractivity contribution in [1.82, 2.24) is 68.5 Å². The number of carboxylic acids is 1. The summed E-state index contributed by atoms with van der Waals surface area (Å²) in [4.78, 5) is 52.1. The molecule has 39 nitrogen and oxygen atoms in total. The number of fused-ring (bicyclic) bond motifs is 4. The van der Waals surface area contributed by atoms with Gasteiger partial charge in [-0.3, -0.25) is 42.4 Å². The lowest BCUT2D eigenvalue weighted by atomic mass is 9.92. The molecule has 3 unspecified atom stereocenters. The van der Waals surface area contributed by atoms with E-state index in [1.54, 1.807) is 128 Å². The molecule has 11 aromatic rings. The third kappa shape index (κ3) is 25.0. The van der Waals surface area contributed by atoms with E-state index in [0.29, 0.717) is 226 Å². The van der Waals surface area contributed by atoms with Gasteiger partial charge in [-0.1, -0.05) is 37.1 Å². The van der Waals surface area contributed by atoms with Crippen LogP contribution in [0, 0.1) is 23.7 Å². The summed E-state index contributed by atoms with van der Waals surface area (Å²) in [6.45, 7) is 5.30. The molecular weight excluding hydrogens is 1880 g/mol. The summed E-state index contributed by atoms with van der Waals surface area (Å²) in [5.74, 6) is 1.98. The summed E-state index contributed by atoms with van der Waals surface area (Å²) < 4.78 is 165. The molecule has 11 heterocycles. The largest absolute Gasteiger partial charge is 0.495 e. The van der Waals surface area contributed by atoms with Crippen molar-refractivity contribution < 1.29 is 101 Å². The highest BCUT2D eigenvalue weighted by Crippen LogP contribution is 2.48. The summed E-state index contributed by atoms with van der Waals surface area (Å²) in [6.07, 6.45) is 25.5. The average Bonchev–Trinajstić information content (AvgIpc) is 1.60. The van der Waals surface area contributed by atoms with Crippen LogP contribution in [0.5, 0.6) is 23.0 Å². The molecule has 0 spiro atoms. The minimum absolute atomic E-state index is 0. The van der Waals surface area contributed by atoms with Crippen LogP contribution in [0.2, 0.25) is 0 Å². The number of carbonyl (C=O) groups is 4. The normalized spacial score (nSPS) is 17.4. The van der Waals surface area contributed by atoms with Crippen molar-refractivity contribution >= 4 is 137 Å². The van der Waals surface area contributed by atoms with Crippen molar-refractivity contribution in [1.29, 1.82) is 0 Å². The smallest absolute Gasteiger partial charge is 0.330 e. The molecule has 2 amide bonds. The number of nitrogen functional groups attached to an aromatic ring is 1. The number of carboxylic acid groups (broad SMARTS) is 1. The molecule has 4 saturated carbocycles. The monoisotopic (exact) mass is 2020 g/mol. The van der Waals surface area contributed by atoms with Crippen LogP contribution in [-0.4, -0.2) is 240 Å². The minimum Gasteiger partial charge on any atom is -0.495 e. The Hall–Kier alpha value is -10.8. The predicted octanol–water partition coefficient (Wildman–Crippen LogP) is 14.0. The number of ether oxygens (including phenoxy) is 9. The Bertz CT molecular complexity index is 6230. The number of rotatable bonds is 30. The predicted molar refractivity (Wildman–Crippen MR) is 527 cm³/mol. The molecule has 8 fully saturated rings. The molecular formula is C94H136ClN17O22S4. The number of methoxy groups -OCH3 is 5. The van der Waals surface area contributed by atoms with Crippen molar-refractivity contribution in [2.75, 3.05) is 105 Å². The van der Waals surface area contributed by atoms with Gasteiger partial charge in [-0.25, -0.2) is 43.3 Å². The van der Waals surface area contributed by atoms with Crippen molar-refractivity contribution in [2.45, 2.75) is 230 Å². The molecule has 4 atom stereocenters. The van der Waals surface area contributed by atoms with Crippen LogP contribution in [0.3, 0.4) is 0 Å². The van der Waals surface area contributed by atoms with Gasteiger partial charge in [0, 0.05) is 126 Å². The quantitative estimate of drug-likeness (QED) is 0.0304. The van der Waals surface area contributed by atoms with Crippen LogP contribution < -0.4 is 35.3 Å². The summed E-state index contributed by atoms with van der Waals surface area (Å²) in [7, 11) is -1.57. The zero-order valence-corrected chi connectivity index (χ0v) is 79.6. The molecule has 44 heteroatoms. The lowest BCUT2D eigenvalue weighted by Gasteiger charge is -2.26. The highest BCUT2D eigenvalue weighted by atomic mass is 35.5. The number of hydrogen-bond donors (Lipinski definition) is 4. The Morgan fingerprint density at radius 1 is 0.377 bits per heavy atom. The molecule has 4 aliphatic carbocycles. The molecule has 760 valence electrons. The minimum atomic E-state index is -3.55. The number of nitrogens with one attached hydrogen (secondary N) is 2. The number of nitrogens with two attached hydrogens (primary N) is 1. The Morgan fingerprint density at radius 2 is 0.623 bits per heavy atom. The summed E-state index contributed by atoms with van der Waals surface area (Å²) in [5, 5.41) is 46.1. The van der Waals surface area contributed by atoms with E-state index >= 15 is 0 Å². The third-order valence-corrected chi connectivity index (χ3v) is 34.8. The summed E-state index contributed by atoms with van der Waals surface area (Å²) in [6, 6.07) is 16.0. The van der Waals surface area contributed by atoms with Crippen molar-refractivity contribution in [3.05, 3.63) is 110 Å². The van der Waals surface area contributed by atoms with Crippen molar-refractivity contribution in [3.63, 3.8) is 0 Å². The van der Waals surface area contributed by atoms with Gasteiger partial charge >= 0.3 is 11.9 Å². The lowest BCUT2D eigenvalue weighted by molar-refractivity contribution is -0.146. The number of hydrogen-bond acceptors (Lipinski definition) is 29. The number of halogens is 1. The van der Waals surface area contributed by atoms with E-state index in [9.17, 15) is 58.0 Å². The van der Waals surface area contributed by atoms with Crippen LogP contribution in [0.15, 0.2) is 130 Å². The molecule has 4 saturated heterocycles. The Labute approximate surface area is 813 Å². The van der Waals surface area contributed by atoms with E-state index < -0.39 is 74.7 Å². The first-order chi connectivity index (χ1) is 63.4. The maximum absolute atomic E-state index is 13.5. The molecule has 5 N–H and O–H groups in total. The van der Waals surface area contributed by atoms with Gasteiger partial charge in [-0.2, -0.15) is 35.7 Å². The molecule has 4 aliphatic heterocycles. The molecule has 0 bridgehead atoms. The van der Waals surface area contributed by atoms with Gasteiger partial charge in [-0.15, -0.1) is 12.4 Å². The molecule has 138 heavy (non-hydrogen) atoms. The maximum Gasteiger partial charge on any atom is 0.330 e. The summed E-state index contributed by atoms with van der Waals surface area (Å²) >= 11 is 0. The average molecular weight is 2020 g/mol. The van der Waals surface area contributed by atoms with Gasteiger partial charge in [0.25, 0.3) is 0 Å². The molecule has 7 aromatic heterocycles. The van der Waals surface area contributed by atoms with E-state index in [4.69, 9.17) is 48.4 Å². The van der Waals surface area contributed by atoms with Gasteiger partial charge in [0.05, 0.1) is 103 Å². The number of nitrogens with zero attached hydrogens (tertiary/aromatic N) is 14. The molecule has 0 radical (unpaired) electrons. The number of amides is 2. The van der Waals surface area contributed by atoms with E-state index in [2.05, 4.69) is 46.3 Å². The first kappa shape index (κ1) is 111. The zero-order valence-electron chi connectivity index (χ0n) is 75.5. The van der Waals surface area contributed by atoms with E-state index in [1.165, 1.54) is 65.0 Å². The SMILES string of the molecule is C.C.C.C.C.COC(=O)C(CC1CCOCC1)n1ncc2c(S(=O)(=O)C3CC3)c(OC)ccc21.COc1ccc2c(cnn2C(CC2CCOCC2)C(=O)Nc2ccn(C)n2)c1S(=O)(=O)C1CC1.COc1ccc2c(cnn2C(CC2CCOCC2)C(=O)O)c1S(=O)(=O)C1CC1.COc1ccc2c(cnn2[C@@H](CC2CCOCC2)C(=O)Nc2ccn(C)n2)c1S(=O)(=O)C1CC1.Cl.Cn1ccc(N)n1. The van der Waals surface area contributed by atoms with Crippen molar-refractivity contribution in [3.8, 4) is 23.0 Å². The third-order valence-electron chi connectivity index (χ3n) is 25.4. The number of carbonyl (C=O) groups excluding carboxylic acids is 3. The Morgan fingerprint density at radius 3 is 0.841 bits per heavy atom. The topological polar surface area (TPSA) is 483 Å². The highest BCUT2D eigenvalue weighted by molar-refractivity contribution is 7.93. The van der Waals surface area contributed by atoms with Crippen LogP contribution in [-0.2, 0) is 103 Å². The van der Waals surface area contributed by atoms with E-state index in [0.717, 1.165) is 51.4 Å². The fraction of sp³-hybridized carbons (Fsp3) is 0.564. The second-order valence-electron chi connectivity index (χ2n) is 34.7. The van der Waals surface area contributed by atoms with Gasteiger partial charge in [0.15, 0.2) is 51.0 Å². The Balaban J connectivity index is 0.000000199. The number of benzene rings is 4. The van der Waals surface area contributed by atoms with Crippen molar-refractivity contribution in [2.24, 2.45) is 44.8 Å². The molecule has 8 aliphatic rings. The number of aliphatic carboxylic acids is 1. The van der Waals surface area contributed by atoms with E-state index in [-0.39, 0.29) is 114 Å². The van der Waals surface area contributed by atoms with E-state index in [1.807, 2.05) is 7.05 Å². The van der Waals surface area contributed by atoms with Gasteiger partial charge in [0.2, 0.25) is 11.8 Å². The standard InChI is InChI=1S/2C23H29N5O5S.C20H26N2O6S.C19H24N2O6S.C4H7N3.5CH4.ClH/c2*1-27-10-7-21(26-27)25-23(29)19(13-15-8-11-33-12-9-15)28-18-5-6-20(32-2)22(17(18)14-24-28)34(30,31)16-3-4-16;1-26-18-6-5-16-15(19(18)29(24,25)14-3-4-14)12-21-22(16)17(20(23)27-2)11-13-7-9-28-10-8-13;1-26-17-5-4-15-14(18(17)28(24,25)13-2-3-13)11-20-21(15)16(19(22)23)10-12-6-8-27-9-7-12;1-7-3-2-4(5)6-7;;;;;;/h2*5-7,10,14-16,19H,3-4,8-9,11-13H2,1-2H3,(H,25,26,29);5-6,12-14,17H,3-4,7-11H2,1-2H3;4-5,11-13,16H,2-3,6-10H2,1H3,(H,22,23);2-3H,1H3,(H2,5,6);5*1H4;1H/t19-;;;;;;;;;;/m0........../s1. The highest BCUT2D eigenvalue weighted by Gasteiger charge is 2.46. The fourth-order valence-electron chi connectivity index (χ4n) is 17.7. The van der Waals surface area contributed by atoms with Gasteiger partial charge < -0.3 is 64.1 Å². The number of aryl methyl sites for hydroxylation is 3. The first-order valence-electron chi connectivity index (χ1n) is 44.6. The van der Waals surface area contributed by atoms with Crippen LogP contribution in [0.1, 0.15) is 190 Å². The van der Waals surface area contributed by atoms with Crippen LogP contribution >= 0.6 is 12.4 Å². The van der Waals surface area contributed by atoms with Gasteiger partial charge in [-0.05, 0) is 207 Å². The fourth-order valence-corrected chi connectivity index (χ4v) is 25.6. The lowest BCUT2D eigenvalue weighted by Crippen LogP contribution is -2.30.